The molecule has 10 nitrogen and oxygen atoms in total. The molecule has 1 aliphatic heterocycles. The number of nitrogens with zero attached hydrogens (tertiary/aromatic N) is 4. The summed E-state index contributed by atoms with van der Waals surface area (Å²) in [6.07, 6.45) is 3.82. The van der Waals surface area contributed by atoms with Crippen LogP contribution in [-0.4, -0.2) is 53.2 Å². The van der Waals surface area contributed by atoms with Gasteiger partial charge in [0.15, 0.2) is 0 Å². The SMILES string of the molecule is CC1CCCN(C(=O)C(C(C)C)n2cc(CNC(=O)c3ccc(S(N)(=O)=O)cc3)nn2)C1. The van der Waals surface area contributed by atoms with Crippen LogP contribution in [0.15, 0.2) is 35.4 Å². The summed E-state index contributed by atoms with van der Waals surface area (Å²) >= 11 is 0. The second-order valence-corrected chi connectivity index (χ2v) is 10.2. The summed E-state index contributed by atoms with van der Waals surface area (Å²) in [5.74, 6) is 0.170. The number of nitrogens with one attached hydrogen (secondary N) is 1. The van der Waals surface area contributed by atoms with E-state index in [9.17, 15) is 18.0 Å². The highest BCUT2D eigenvalue weighted by Crippen LogP contribution is 2.24. The predicted molar refractivity (Wildman–Crippen MR) is 118 cm³/mol. The number of hydrogen-bond acceptors (Lipinski definition) is 6. The number of amides is 2. The number of nitrogens with two attached hydrogens (primary N) is 1. The molecule has 0 saturated carbocycles. The zero-order valence-corrected chi connectivity index (χ0v) is 19.4. The molecule has 2 aromatic rings. The summed E-state index contributed by atoms with van der Waals surface area (Å²) in [4.78, 5) is 27.4. The lowest BCUT2D eigenvalue weighted by Gasteiger charge is -2.34. The van der Waals surface area contributed by atoms with Crippen LogP contribution in [0.25, 0.3) is 0 Å². The standard InChI is InChI=1S/C21H30N6O4S/c1-14(2)19(21(29)26-10-4-5-15(3)12-26)27-13-17(24-25-27)11-23-20(28)16-6-8-18(9-7-16)32(22,30)31/h6-9,13-15,19H,4-5,10-12H2,1-3H3,(H,23,28)(H2,22,30,31). The molecule has 0 bridgehead atoms. The van der Waals surface area contributed by atoms with Crippen molar-refractivity contribution in [1.82, 2.24) is 25.2 Å². The number of hydrogen-bond donors (Lipinski definition) is 2. The quantitative estimate of drug-likeness (QED) is 0.636. The number of carbonyl (C=O) groups is 2. The first-order chi connectivity index (χ1) is 15.1. The molecule has 3 N–H and O–H groups in total. The summed E-state index contributed by atoms with van der Waals surface area (Å²) < 4.78 is 24.2. The number of piperidine rings is 1. The first kappa shape index (κ1) is 23.9. The number of rotatable bonds is 7. The topological polar surface area (TPSA) is 140 Å². The Morgan fingerprint density at radius 3 is 2.53 bits per heavy atom. The normalized spacial score (nSPS) is 17.9. The van der Waals surface area contributed by atoms with Gasteiger partial charge in [0.25, 0.3) is 5.91 Å². The van der Waals surface area contributed by atoms with E-state index in [-0.39, 0.29) is 29.2 Å². The summed E-state index contributed by atoms with van der Waals surface area (Å²) in [7, 11) is -3.82. The molecule has 2 atom stereocenters. The molecule has 32 heavy (non-hydrogen) atoms. The Morgan fingerprint density at radius 1 is 1.25 bits per heavy atom. The summed E-state index contributed by atoms with van der Waals surface area (Å²) in [5, 5.41) is 16.0. The minimum absolute atomic E-state index is 0.0289. The first-order valence-electron chi connectivity index (χ1n) is 10.7. The molecule has 2 amide bonds. The molecule has 0 aliphatic carbocycles. The van der Waals surface area contributed by atoms with E-state index in [2.05, 4.69) is 22.6 Å². The fourth-order valence-corrected chi connectivity index (χ4v) is 4.40. The van der Waals surface area contributed by atoms with Crippen molar-refractivity contribution in [3.63, 3.8) is 0 Å². The molecule has 2 heterocycles. The van der Waals surface area contributed by atoms with Crippen LogP contribution in [0.1, 0.15) is 55.7 Å². The zero-order valence-electron chi connectivity index (χ0n) is 18.6. The average Bonchev–Trinajstić information content (AvgIpc) is 3.19. The molecule has 1 saturated heterocycles. The maximum atomic E-state index is 13.2. The number of primary sulfonamides is 1. The summed E-state index contributed by atoms with van der Waals surface area (Å²) in [6, 6.07) is 4.88. The number of benzene rings is 1. The van der Waals surface area contributed by atoms with Gasteiger partial charge in [-0.05, 0) is 48.9 Å². The van der Waals surface area contributed by atoms with Crippen LogP contribution in [0, 0.1) is 11.8 Å². The number of aromatic nitrogens is 3. The Bertz CT molecular complexity index is 1060. The molecular weight excluding hydrogens is 432 g/mol. The minimum Gasteiger partial charge on any atom is -0.346 e. The van der Waals surface area contributed by atoms with E-state index >= 15 is 0 Å². The molecule has 11 heteroatoms. The lowest BCUT2D eigenvalue weighted by molar-refractivity contribution is -0.138. The number of sulfonamides is 1. The van der Waals surface area contributed by atoms with E-state index in [0.717, 1.165) is 25.9 Å². The van der Waals surface area contributed by atoms with E-state index in [1.807, 2.05) is 18.7 Å². The fourth-order valence-electron chi connectivity index (χ4n) is 3.88. The van der Waals surface area contributed by atoms with Crippen molar-refractivity contribution >= 4 is 21.8 Å². The van der Waals surface area contributed by atoms with Crippen LogP contribution in [-0.2, 0) is 21.4 Å². The van der Waals surface area contributed by atoms with Crippen molar-refractivity contribution < 1.29 is 18.0 Å². The van der Waals surface area contributed by atoms with E-state index < -0.39 is 16.1 Å². The highest BCUT2D eigenvalue weighted by molar-refractivity contribution is 7.89. The minimum atomic E-state index is -3.82. The van der Waals surface area contributed by atoms with Gasteiger partial charge in [0.2, 0.25) is 15.9 Å². The first-order valence-corrected chi connectivity index (χ1v) is 12.2. The molecule has 2 unspecified atom stereocenters. The highest BCUT2D eigenvalue weighted by atomic mass is 32.2. The third-order valence-corrected chi connectivity index (χ3v) is 6.50. The predicted octanol–water partition coefficient (Wildman–Crippen LogP) is 1.31. The molecule has 1 aromatic heterocycles. The average molecular weight is 463 g/mol. The largest absolute Gasteiger partial charge is 0.346 e. The van der Waals surface area contributed by atoms with Gasteiger partial charge in [0.05, 0.1) is 17.6 Å². The lowest BCUT2D eigenvalue weighted by atomic mass is 9.97. The Morgan fingerprint density at radius 2 is 1.94 bits per heavy atom. The van der Waals surface area contributed by atoms with Gasteiger partial charge in [-0.3, -0.25) is 9.59 Å². The van der Waals surface area contributed by atoms with Crippen molar-refractivity contribution in [2.45, 2.75) is 51.1 Å². The van der Waals surface area contributed by atoms with Crippen LogP contribution < -0.4 is 10.5 Å². The Kier molecular flexibility index (Phi) is 7.29. The van der Waals surface area contributed by atoms with Crippen LogP contribution in [0.5, 0.6) is 0 Å². The molecule has 1 aliphatic rings. The van der Waals surface area contributed by atoms with Crippen LogP contribution in [0.2, 0.25) is 0 Å². The summed E-state index contributed by atoms with van der Waals surface area (Å²) in [5.41, 5.74) is 0.809. The van der Waals surface area contributed by atoms with E-state index in [4.69, 9.17) is 5.14 Å². The van der Waals surface area contributed by atoms with Gasteiger partial charge in [-0.15, -0.1) is 5.10 Å². The third-order valence-electron chi connectivity index (χ3n) is 5.57. The third kappa shape index (κ3) is 5.71. The van der Waals surface area contributed by atoms with Gasteiger partial charge in [-0.2, -0.15) is 0 Å². The molecular formula is C21H30N6O4S. The Labute approximate surface area is 188 Å². The molecule has 0 spiro atoms. The van der Waals surface area contributed by atoms with Crippen LogP contribution in [0.3, 0.4) is 0 Å². The Hall–Kier alpha value is -2.79. The van der Waals surface area contributed by atoms with Gasteiger partial charge in [0.1, 0.15) is 11.7 Å². The second-order valence-electron chi connectivity index (χ2n) is 8.66. The molecule has 0 radical (unpaired) electrons. The van der Waals surface area contributed by atoms with Gasteiger partial charge in [0, 0.05) is 18.7 Å². The Balaban J connectivity index is 1.65. The highest BCUT2D eigenvalue weighted by Gasteiger charge is 2.32. The fraction of sp³-hybridized carbons (Fsp3) is 0.524. The van der Waals surface area contributed by atoms with Crippen molar-refractivity contribution in [2.24, 2.45) is 17.0 Å². The number of likely N-dealkylation sites (tertiary alicyclic amines) is 1. The molecule has 1 fully saturated rings. The van der Waals surface area contributed by atoms with Gasteiger partial charge in [-0.1, -0.05) is 26.0 Å². The van der Waals surface area contributed by atoms with Crippen LogP contribution >= 0.6 is 0 Å². The summed E-state index contributed by atoms with van der Waals surface area (Å²) in [6.45, 7) is 7.74. The maximum absolute atomic E-state index is 13.2. The van der Waals surface area contributed by atoms with E-state index in [1.54, 1.807) is 10.9 Å². The lowest BCUT2D eigenvalue weighted by Crippen LogP contribution is -2.44. The van der Waals surface area contributed by atoms with Gasteiger partial charge in [-0.25, -0.2) is 18.2 Å². The second kappa shape index (κ2) is 9.78. The van der Waals surface area contributed by atoms with E-state index in [0.29, 0.717) is 17.2 Å². The van der Waals surface area contributed by atoms with E-state index in [1.165, 1.54) is 24.3 Å². The van der Waals surface area contributed by atoms with Crippen molar-refractivity contribution in [3.8, 4) is 0 Å². The maximum Gasteiger partial charge on any atom is 0.251 e. The van der Waals surface area contributed by atoms with Crippen molar-refractivity contribution in [1.29, 1.82) is 0 Å². The van der Waals surface area contributed by atoms with Crippen molar-refractivity contribution in [3.05, 3.63) is 41.7 Å². The van der Waals surface area contributed by atoms with Gasteiger partial charge >= 0.3 is 0 Å². The smallest absolute Gasteiger partial charge is 0.251 e. The van der Waals surface area contributed by atoms with Crippen LogP contribution in [0.4, 0.5) is 0 Å². The molecule has 3 rings (SSSR count). The molecule has 174 valence electrons. The monoisotopic (exact) mass is 462 g/mol. The molecule has 1 aromatic carbocycles. The number of carbonyl (C=O) groups excluding carboxylic acids is 2. The zero-order chi connectivity index (χ0) is 23.5. The van der Waals surface area contributed by atoms with Crippen molar-refractivity contribution in [2.75, 3.05) is 13.1 Å². The van der Waals surface area contributed by atoms with Gasteiger partial charge < -0.3 is 10.2 Å².